The summed E-state index contributed by atoms with van der Waals surface area (Å²) in [6, 6.07) is 6.85. The van der Waals surface area contributed by atoms with Crippen molar-refractivity contribution in [1.29, 1.82) is 0 Å². The van der Waals surface area contributed by atoms with E-state index in [9.17, 15) is 0 Å². The molecule has 0 bridgehead atoms. The fraction of sp³-hybridized carbons (Fsp3) is 0.625. The van der Waals surface area contributed by atoms with Gasteiger partial charge in [0.15, 0.2) is 0 Å². The van der Waals surface area contributed by atoms with Crippen LogP contribution in [0.5, 0.6) is 5.75 Å². The normalized spacial score (nSPS) is 12.4. The van der Waals surface area contributed by atoms with Crippen LogP contribution in [0, 0.1) is 6.92 Å². The molecule has 0 heterocycles. The molecule has 3 nitrogen and oxygen atoms in total. The number of hydrogen-bond donors (Lipinski definition) is 1. The number of ether oxygens (including phenoxy) is 2. The van der Waals surface area contributed by atoms with E-state index in [-0.39, 0.29) is 0 Å². The highest BCUT2D eigenvalue weighted by Gasteiger charge is 2.12. The van der Waals surface area contributed by atoms with Crippen LogP contribution in [-0.4, -0.2) is 27.4 Å². The number of aryl methyl sites for hydroxylation is 1. The topological polar surface area (TPSA) is 30.5 Å². The van der Waals surface area contributed by atoms with Crippen molar-refractivity contribution in [3.8, 4) is 5.75 Å². The fourth-order valence-electron chi connectivity index (χ4n) is 2.19. The molecule has 1 unspecified atom stereocenters. The molecule has 0 aliphatic rings. The molecule has 1 N–H and O–H groups in total. The second kappa shape index (κ2) is 8.94. The van der Waals surface area contributed by atoms with Crippen molar-refractivity contribution in [1.82, 2.24) is 5.32 Å². The predicted molar refractivity (Wildman–Crippen MR) is 79.9 cm³/mol. The lowest BCUT2D eigenvalue weighted by molar-refractivity contribution is 0.188. The van der Waals surface area contributed by atoms with Crippen LogP contribution in [0.1, 0.15) is 43.4 Å². The van der Waals surface area contributed by atoms with E-state index < -0.39 is 0 Å². The Morgan fingerprint density at radius 2 is 2.05 bits per heavy atom. The summed E-state index contributed by atoms with van der Waals surface area (Å²) in [6.45, 7) is 6.11. The lowest BCUT2D eigenvalue weighted by Gasteiger charge is -2.20. The molecule has 108 valence electrons. The van der Waals surface area contributed by atoms with Gasteiger partial charge in [0.25, 0.3) is 0 Å². The first-order valence-corrected chi connectivity index (χ1v) is 7.09. The molecule has 0 saturated heterocycles. The van der Waals surface area contributed by atoms with Crippen molar-refractivity contribution in [2.24, 2.45) is 0 Å². The van der Waals surface area contributed by atoms with E-state index in [1.807, 2.05) is 0 Å². The Morgan fingerprint density at radius 3 is 2.68 bits per heavy atom. The van der Waals surface area contributed by atoms with Gasteiger partial charge >= 0.3 is 0 Å². The third kappa shape index (κ3) is 5.21. The molecule has 0 fully saturated rings. The number of methoxy groups -OCH3 is 2. The summed E-state index contributed by atoms with van der Waals surface area (Å²) in [5, 5.41) is 3.60. The zero-order chi connectivity index (χ0) is 14.1. The van der Waals surface area contributed by atoms with E-state index in [4.69, 9.17) is 9.47 Å². The Balaban J connectivity index is 2.76. The minimum absolute atomic E-state index is 0.379. The third-order valence-electron chi connectivity index (χ3n) is 3.32. The number of benzene rings is 1. The molecule has 1 atom stereocenters. The van der Waals surface area contributed by atoms with Crippen LogP contribution in [0.4, 0.5) is 0 Å². The van der Waals surface area contributed by atoms with Gasteiger partial charge in [0, 0.05) is 19.8 Å². The minimum atomic E-state index is 0.379. The summed E-state index contributed by atoms with van der Waals surface area (Å²) in [5.74, 6) is 0.965. The van der Waals surface area contributed by atoms with Gasteiger partial charge in [-0.1, -0.05) is 19.1 Å². The van der Waals surface area contributed by atoms with Gasteiger partial charge < -0.3 is 14.8 Å². The van der Waals surface area contributed by atoms with Crippen LogP contribution in [0.25, 0.3) is 0 Å². The molecular weight excluding hydrogens is 238 g/mol. The van der Waals surface area contributed by atoms with Gasteiger partial charge in [0.2, 0.25) is 0 Å². The monoisotopic (exact) mass is 265 g/mol. The molecule has 1 rings (SSSR count). The molecular formula is C16H27NO2. The molecule has 0 aromatic heterocycles. The van der Waals surface area contributed by atoms with Crippen LogP contribution >= 0.6 is 0 Å². The Bertz CT molecular complexity index is 366. The Morgan fingerprint density at radius 1 is 1.26 bits per heavy atom. The van der Waals surface area contributed by atoms with Gasteiger partial charge in [-0.25, -0.2) is 0 Å². The van der Waals surface area contributed by atoms with Gasteiger partial charge in [-0.3, -0.25) is 0 Å². The van der Waals surface area contributed by atoms with E-state index in [0.29, 0.717) is 6.04 Å². The van der Waals surface area contributed by atoms with Crippen molar-refractivity contribution in [2.75, 3.05) is 27.4 Å². The van der Waals surface area contributed by atoms with E-state index in [0.717, 1.165) is 38.2 Å². The maximum absolute atomic E-state index is 5.41. The summed E-state index contributed by atoms with van der Waals surface area (Å²) >= 11 is 0. The average molecular weight is 265 g/mol. The highest BCUT2D eigenvalue weighted by Crippen LogP contribution is 2.25. The number of rotatable bonds is 9. The van der Waals surface area contributed by atoms with Crippen LogP contribution in [0.3, 0.4) is 0 Å². The number of nitrogens with one attached hydrogen (secondary N) is 1. The number of hydrogen-bond acceptors (Lipinski definition) is 3. The smallest absolute Gasteiger partial charge is 0.122 e. The first kappa shape index (κ1) is 16.0. The van der Waals surface area contributed by atoms with E-state index >= 15 is 0 Å². The van der Waals surface area contributed by atoms with Crippen molar-refractivity contribution in [2.45, 2.75) is 39.2 Å². The molecule has 1 aromatic rings. The summed E-state index contributed by atoms with van der Waals surface area (Å²) in [4.78, 5) is 0. The Kier molecular flexibility index (Phi) is 7.53. The highest BCUT2D eigenvalue weighted by atomic mass is 16.5. The van der Waals surface area contributed by atoms with Gasteiger partial charge in [-0.05, 0) is 49.9 Å². The van der Waals surface area contributed by atoms with Crippen molar-refractivity contribution >= 4 is 0 Å². The molecule has 19 heavy (non-hydrogen) atoms. The van der Waals surface area contributed by atoms with Crippen molar-refractivity contribution in [3.63, 3.8) is 0 Å². The summed E-state index contributed by atoms with van der Waals surface area (Å²) < 4.78 is 10.6. The maximum atomic E-state index is 5.41. The fourth-order valence-corrected chi connectivity index (χ4v) is 2.19. The Hall–Kier alpha value is -1.06. The molecule has 0 aliphatic heterocycles. The molecule has 0 amide bonds. The molecule has 0 spiro atoms. The average Bonchev–Trinajstić information content (AvgIpc) is 2.43. The highest BCUT2D eigenvalue weighted by molar-refractivity contribution is 5.37. The second-order valence-electron chi connectivity index (χ2n) is 4.87. The van der Waals surface area contributed by atoms with Crippen LogP contribution in [0.2, 0.25) is 0 Å². The van der Waals surface area contributed by atoms with Crippen LogP contribution in [-0.2, 0) is 4.74 Å². The van der Waals surface area contributed by atoms with E-state index in [2.05, 4.69) is 37.4 Å². The maximum Gasteiger partial charge on any atom is 0.122 e. The van der Waals surface area contributed by atoms with Crippen molar-refractivity contribution in [3.05, 3.63) is 29.3 Å². The largest absolute Gasteiger partial charge is 0.496 e. The molecule has 0 saturated carbocycles. The van der Waals surface area contributed by atoms with Gasteiger partial charge in [0.1, 0.15) is 5.75 Å². The third-order valence-corrected chi connectivity index (χ3v) is 3.32. The van der Waals surface area contributed by atoms with E-state index in [1.165, 1.54) is 11.1 Å². The summed E-state index contributed by atoms with van der Waals surface area (Å²) in [5.41, 5.74) is 2.48. The van der Waals surface area contributed by atoms with Gasteiger partial charge in [0.05, 0.1) is 7.11 Å². The van der Waals surface area contributed by atoms with Gasteiger partial charge in [-0.15, -0.1) is 0 Å². The van der Waals surface area contributed by atoms with Crippen LogP contribution in [0.15, 0.2) is 18.2 Å². The zero-order valence-corrected chi connectivity index (χ0v) is 12.7. The molecule has 0 aliphatic carbocycles. The zero-order valence-electron chi connectivity index (χ0n) is 12.7. The SMILES string of the molecule is CCCNC(CCCOC)c1ccc(C)c(OC)c1. The van der Waals surface area contributed by atoms with Crippen LogP contribution < -0.4 is 10.1 Å². The standard InChI is InChI=1S/C16H27NO2/c1-5-10-17-15(7-6-11-18-3)14-9-8-13(2)16(12-14)19-4/h8-9,12,15,17H,5-7,10-11H2,1-4H3. The molecule has 3 heteroatoms. The Labute approximate surface area is 117 Å². The minimum Gasteiger partial charge on any atom is -0.496 e. The summed E-state index contributed by atoms with van der Waals surface area (Å²) in [7, 11) is 3.48. The van der Waals surface area contributed by atoms with Gasteiger partial charge in [-0.2, -0.15) is 0 Å². The molecule has 0 radical (unpaired) electrons. The lowest BCUT2D eigenvalue weighted by atomic mass is 10.00. The van der Waals surface area contributed by atoms with E-state index in [1.54, 1.807) is 14.2 Å². The predicted octanol–water partition coefficient (Wildman–Crippen LogP) is 3.47. The van der Waals surface area contributed by atoms with Crippen molar-refractivity contribution < 1.29 is 9.47 Å². The second-order valence-corrected chi connectivity index (χ2v) is 4.87. The first-order valence-electron chi connectivity index (χ1n) is 7.09. The lowest BCUT2D eigenvalue weighted by Crippen LogP contribution is -2.22. The first-order chi connectivity index (χ1) is 9.22. The molecule has 1 aromatic carbocycles. The quantitative estimate of drug-likeness (QED) is 0.693. The summed E-state index contributed by atoms with van der Waals surface area (Å²) in [6.07, 6.45) is 3.29.